The molecule has 1 aliphatic rings. The molecule has 0 spiro atoms. The Balaban J connectivity index is 2.53. The third-order valence-electron chi connectivity index (χ3n) is 5.31. The number of hydrogen-bond donors (Lipinski definition) is 0. The van der Waals surface area contributed by atoms with Crippen LogP contribution in [0.3, 0.4) is 0 Å². The number of ketones is 1. The first-order valence-corrected chi connectivity index (χ1v) is 13.1. The van der Waals surface area contributed by atoms with Crippen molar-refractivity contribution in [1.29, 1.82) is 0 Å². The molecule has 2 rings (SSSR count). The third-order valence-corrected chi connectivity index (χ3v) is 7.02. The Labute approximate surface area is 221 Å². The Morgan fingerprint density at radius 1 is 1.13 bits per heavy atom. The zero-order valence-electron chi connectivity index (χ0n) is 22.6. The summed E-state index contributed by atoms with van der Waals surface area (Å²) in [5, 5.41) is -5.10. The van der Waals surface area contributed by atoms with E-state index in [1.807, 2.05) is 0 Å². The predicted molar refractivity (Wildman–Crippen MR) is 130 cm³/mol. The van der Waals surface area contributed by atoms with Gasteiger partial charge < -0.3 is 28.4 Å². The lowest BCUT2D eigenvalue weighted by molar-refractivity contribution is -0.157. The topological polar surface area (TPSA) is 127 Å². The fourth-order valence-corrected chi connectivity index (χ4v) is 4.92. The zero-order chi connectivity index (χ0) is 29.1. The van der Waals surface area contributed by atoms with Gasteiger partial charge in [0.2, 0.25) is 0 Å². The van der Waals surface area contributed by atoms with E-state index in [4.69, 9.17) is 28.4 Å². The SMILES string of the molecule is COCOc1ccccc1C(=O)C(F)(F)S(=O)(=O)N(C[C@@H](OC)C1OC(C)(C)OC1C)C(=O)OC(C)(C)C. The third kappa shape index (κ3) is 7.17. The Morgan fingerprint density at radius 3 is 2.24 bits per heavy atom. The summed E-state index contributed by atoms with van der Waals surface area (Å²) in [7, 11) is -3.56. The molecule has 216 valence electrons. The highest BCUT2D eigenvalue weighted by molar-refractivity contribution is 7.91. The van der Waals surface area contributed by atoms with Crippen molar-refractivity contribution in [3.05, 3.63) is 29.8 Å². The maximum Gasteiger partial charge on any atom is 0.425 e. The monoisotopic (exact) mass is 567 g/mol. The first kappa shape index (κ1) is 31.8. The van der Waals surface area contributed by atoms with Gasteiger partial charge in [-0.15, -0.1) is 0 Å². The second kappa shape index (κ2) is 11.8. The van der Waals surface area contributed by atoms with Crippen LogP contribution in [0.2, 0.25) is 0 Å². The molecule has 38 heavy (non-hydrogen) atoms. The molecule has 14 heteroatoms. The average Bonchev–Trinajstić information content (AvgIpc) is 3.08. The molecule has 0 N–H and O–H groups in total. The summed E-state index contributed by atoms with van der Waals surface area (Å²) in [6, 6.07) is 4.82. The summed E-state index contributed by atoms with van der Waals surface area (Å²) in [5.74, 6) is -3.52. The predicted octanol–water partition coefficient (Wildman–Crippen LogP) is 3.57. The van der Waals surface area contributed by atoms with Crippen LogP contribution in [-0.2, 0) is 33.7 Å². The van der Waals surface area contributed by atoms with Crippen molar-refractivity contribution in [1.82, 2.24) is 4.31 Å². The number of para-hydroxylation sites is 1. The van der Waals surface area contributed by atoms with Crippen molar-refractivity contribution in [2.24, 2.45) is 0 Å². The van der Waals surface area contributed by atoms with Gasteiger partial charge >= 0.3 is 21.4 Å². The standard InChI is InChI=1S/C24H35F2NO10S/c1-15-19(36-23(5,6)35-15)18(33-8)13-27(21(29)37-22(2,3)4)38(30,31)24(25,26)20(28)16-11-9-10-12-17(16)34-14-32-7/h9-12,15,18-19H,13-14H2,1-8H3/t15?,18-,19?/m1/s1. The minimum atomic E-state index is -6.03. The Bertz CT molecular complexity index is 1100. The number of amides is 1. The molecule has 0 bridgehead atoms. The number of benzene rings is 1. The molecule has 1 fully saturated rings. The number of hydrogen-bond acceptors (Lipinski definition) is 10. The highest BCUT2D eigenvalue weighted by Crippen LogP contribution is 2.36. The lowest BCUT2D eigenvalue weighted by Gasteiger charge is -2.33. The lowest BCUT2D eigenvalue weighted by atomic mass is 10.1. The number of alkyl halides is 2. The van der Waals surface area contributed by atoms with Gasteiger partial charge in [-0.2, -0.15) is 21.5 Å². The molecule has 0 saturated carbocycles. The van der Waals surface area contributed by atoms with Crippen LogP contribution in [0.25, 0.3) is 0 Å². The molecule has 1 aliphatic heterocycles. The van der Waals surface area contributed by atoms with Crippen LogP contribution in [0.1, 0.15) is 51.9 Å². The highest BCUT2D eigenvalue weighted by Gasteiger charge is 2.59. The Kier molecular flexibility index (Phi) is 9.87. The van der Waals surface area contributed by atoms with Crippen LogP contribution >= 0.6 is 0 Å². The van der Waals surface area contributed by atoms with Gasteiger partial charge in [-0.25, -0.2) is 4.79 Å². The molecule has 2 unspecified atom stereocenters. The molecule has 0 aliphatic carbocycles. The van der Waals surface area contributed by atoms with Crippen LogP contribution in [0.5, 0.6) is 5.75 Å². The van der Waals surface area contributed by atoms with E-state index < -0.39 is 69.0 Å². The van der Waals surface area contributed by atoms with E-state index in [0.29, 0.717) is 0 Å². The van der Waals surface area contributed by atoms with E-state index in [1.165, 1.54) is 53.2 Å². The molecule has 1 saturated heterocycles. The summed E-state index contributed by atoms with van der Waals surface area (Å²) in [4.78, 5) is 26.0. The van der Waals surface area contributed by atoms with Gasteiger partial charge in [-0.3, -0.25) is 4.79 Å². The number of halogens is 2. The summed E-state index contributed by atoms with van der Waals surface area (Å²) in [5.41, 5.74) is -1.98. The van der Waals surface area contributed by atoms with Crippen LogP contribution in [0.15, 0.2) is 24.3 Å². The summed E-state index contributed by atoms with van der Waals surface area (Å²) in [6.07, 6.45) is -4.47. The minimum absolute atomic E-state index is 0.204. The zero-order valence-corrected chi connectivity index (χ0v) is 23.5. The van der Waals surface area contributed by atoms with Gasteiger partial charge in [-0.1, -0.05) is 12.1 Å². The van der Waals surface area contributed by atoms with E-state index in [0.717, 1.165) is 6.07 Å². The molecule has 1 heterocycles. The number of carbonyl (C=O) groups excluding carboxylic acids is 2. The number of nitrogens with zero attached hydrogens (tertiary/aromatic N) is 1. The molecule has 1 amide bonds. The summed E-state index contributed by atoms with van der Waals surface area (Å²) >= 11 is 0. The normalized spacial score (nSPS) is 20.6. The van der Waals surface area contributed by atoms with Crippen molar-refractivity contribution >= 4 is 21.9 Å². The van der Waals surface area contributed by atoms with Crippen molar-refractivity contribution in [3.8, 4) is 5.75 Å². The Hall–Kier alpha value is -2.39. The van der Waals surface area contributed by atoms with E-state index in [2.05, 4.69) is 0 Å². The van der Waals surface area contributed by atoms with Gasteiger partial charge in [0.15, 0.2) is 12.6 Å². The van der Waals surface area contributed by atoms with E-state index in [1.54, 1.807) is 20.8 Å². The number of sulfonamides is 1. The minimum Gasteiger partial charge on any atom is -0.467 e. The molecule has 3 atom stereocenters. The van der Waals surface area contributed by atoms with Crippen LogP contribution < -0.4 is 4.74 Å². The number of Topliss-reactive ketones (excluding diaryl/α,β-unsaturated/α-hetero) is 1. The molecule has 0 aromatic heterocycles. The average molecular weight is 568 g/mol. The number of ether oxygens (including phenoxy) is 6. The molecule has 1 aromatic rings. The molecular formula is C24H35F2NO10S. The maximum atomic E-state index is 15.6. The second-order valence-electron chi connectivity index (χ2n) is 9.99. The van der Waals surface area contributed by atoms with Crippen LogP contribution in [0.4, 0.5) is 13.6 Å². The van der Waals surface area contributed by atoms with Gasteiger partial charge in [0.1, 0.15) is 23.6 Å². The summed E-state index contributed by atoms with van der Waals surface area (Å²) < 4.78 is 89.4. The molecule has 0 radical (unpaired) electrons. The number of rotatable bonds is 11. The fraction of sp³-hybridized carbons (Fsp3) is 0.667. The summed E-state index contributed by atoms with van der Waals surface area (Å²) in [6.45, 7) is 7.76. The van der Waals surface area contributed by atoms with E-state index >= 15 is 8.78 Å². The quantitative estimate of drug-likeness (QED) is 0.289. The largest absolute Gasteiger partial charge is 0.467 e. The van der Waals surface area contributed by atoms with Gasteiger partial charge in [0.25, 0.3) is 5.78 Å². The van der Waals surface area contributed by atoms with Gasteiger partial charge in [0, 0.05) is 14.2 Å². The van der Waals surface area contributed by atoms with E-state index in [9.17, 15) is 18.0 Å². The van der Waals surface area contributed by atoms with Crippen molar-refractivity contribution < 1.29 is 55.2 Å². The second-order valence-corrected chi connectivity index (χ2v) is 11.9. The molecule has 11 nitrogen and oxygen atoms in total. The van der Waals surface area contributed by atoms with Gasteiger partial charge in [-0.05, 0) is 53.7 Å². The Morgan fingerprint density at radius 2 is 1.74 bits per heavy atom. The van der Waals surface area contributed by atoms with Crippen molar-refractivity contribution in [2.75, 3.05) is 27.6 Å². The fourth-order valence-electron chi connectivity index (χ4n) is 3.72. The smallest absolute Gasteiger partial charge is 0.425 e. The van der Waals surface area contributed by atoms with Crippen LogP contribution in [0, 0.1) is 0 Å². The van der Waals surface area contributed by atoms with Crippen LogP contribution in [-0.4, -0.2) is 87.1 Å². The van der Waals surface area contributed by atoms with Gasteiger partial charge in [0.05, 0.1) is 18.2 Å². The highest BCUT2D eigenvalue weighted by atomic mass is 32.2. The maximum absolute atomic E-state index is 15.6. The first-order valence-electron chi connectivity index (χ1n) is 11.6. The number of carbonyl (C=O) groups is 2. The molecular weight excluding hydrogens is 532 g/mol. The van der Waals surface area contributed by atoms with E-state index in [-0.39, 0.29) is 16.8 Å². The van der Waals surface area contributed by atoms with Crippen molar-refractivity contribution in [3.63, 3.8) is 0 Å². The van der Waals surface area contributed by atoms with Crippen molar-refractivity contribution in [2.45, 2.75) is 76.5 Å². The lowest BCUT2D eigenvalue weighted by Crippen LogP contribution is -2.55. The molecule has 1 aromatic carbocycles. The first-order chi connectivity index (χ1) is 17.4. The number of methoxy groups -OCH3 is 2.